The molecule has 0 spiro atoms. The van der Waals surface area contributed by atoms with Gasteiger partial charge in [-0.25, -0.2) is 4.39 Å². The third-order valence-corrected chi connectivity index (χ3v) is 3.57. The largest absolute Gasteiger partial charge is 0.475 e. The second-order valence-electron chi connectivity index (χ2n) is 5.14. The lowest BCUT2D eigenvalue weighted by Gasteiger charge is -2.23. The zero-order valence-corrected chi connectivity index (χ0v) is 12.0. The fourth-order valence-corrected chi connectivity index (χ4v) is 2.28. The van der Waals surface area contributed by atoms with Crippen molar-refractivity contribution < 1.29 is 13.9 Å². The van der Waals surface area contributed by atoms with E-state index in [4.69, 9.17) is 4.74 Å². The summed E-state index contributed by atoms with van der Waals surface area (Å²) in [5, 5.41) is 0. The average molecular weight is 295 g/mol. The molecule has 0 saturated heterocycles. The van der Waals surface area contributed by atoms with Crippen LogP contribution in [-0.2, 0) is 15.1 Å². The Balaban J connectivity index is 1.81. The summed E-state index contributed by atoms with van der Waals surface area (Å²) in [7, 11) is 0. The number of halogens is 1. The molecule has 22 heavy (non-hydrogen) atoms. The van der Waals surface area contributed by atoms with Crippen molar-refractivity contribution in [2.45, 2.75) is 12.5 Å². The molecule has 1 aliphatic heterocycles. The van der Waals surface area contributed by atoms with Gasteiger partial charge in [0, 0.05) is 17.8 Å². The summed E-state index contributed by atoms with van der Waals surface area (Å²) in [6, 6.07) is 11.3. The molecule has 0 saturated carbocycles. The first-order valence-corrected chi connectivity index (χ1v) is 6.88. The molecule has 1 aromatic heterocycles. The molecule has 0 bridgehead atoms. The Kier molecular flexibility index (Phi) is 3.59. The standard InChI is InChI=1S/C18H14FNO2/c1-18(13-5-7-14(19)8-6-13)17(21)12-16(22-18)10-9-15-4-2-3-11-20-15/h2-12H,1H3. The maximum absolute atomic E-state index is 13.0. The Morgan fingerprint density at radius 3 is 2.59 bits per heavy atom. The quantitative estimate of drug-likeness (QED) is 0.868. The number of ketones is 1. The number of carbonyl (C=O) groups excluding carboxylic acids is 1. The first-order valence-electron chi connectivity index (χ1n) is 6.88. The van der Waals surface area contributed by atoms with Crippen molar-refractivity contribution in [3.05, 3.63) is 83.6 Å². The van der Waals surface area contributed by atoms with E-state index in [-0.39, 0.29) is 11.6 Å². The number of aromatic nitrogens is 1. The molecule has 1 aromatic carbocycles. The van der Waals surface area contributed by atoms with Crippen LogP contribution in [0.4, 0.5) is 4.39 Å². The number of hydrogen-bond acceptors (Lipinski definition) is 3. The van der Waals surface area contributed by atoms with E-state index < -0.39 is 5.60 Å². The van der Waals surface area contributed by atoms with E-state index in [1.165, 1.54) is 18.2 Å². The Bertz CT molecular complexity index is 750. The van der Waals surface area contributed by atoms with Crippen molar-refractivity contribution in [3.63, 3.8) is 0 Å². The van der Waals surface area contributed by atoms with Gasteiger partial charge in [-0.3, -0.25) is 9.78 Å². The fraction of sp³-hybridized carbons (Fsp3) is 0.111. The summed E-state index contributed by atoms with van der Waals surface area (Å²) in [4.78, 5) is 16.4. The van der Waals surface area contributed by atoms with Crippen LogP contribution in [-0.4, -0.2) is 10.8 Å². The molecule has 0 amide bonds. The van der Waals surface area contributed by atoms with Gasteiger partial charge in [0.05, 0.1) is 5.69 Å². The van der Waals surface area contributed by atoms with Crippen LogP contribution in [0.3, 0.4) is 0 Å². The molecule has 3 nitrogen and oxygen atoms in total. The van der Waals surface area contributed by atoms with Crippen molar-refractivity contribution in [2.24, 2.45) is 0 Å². The zero-order chi connectivity index (χ0) is 15.6. The summed E-state index contributed by atoms with van der Waals surface area (Å²) in [5.41, 5.74) is 0.281. The Labute approximate surface area is 127 Å². The molecule has 0 N–H and O–H groups in total. The highest BCUT2D eigenvalue weighted by molar-refractivity contribution is 6.00. The molecule has 0 fully saturated rings. The van der Waals surface area contributed by atoms with Crippen molar-refractivity contribution in [3.8, 4) is 0 Å². The van der Waals surface area contributed by atoms with Crippen LogP contribution < -0.4 is 0 Å². The van der Waals surface area contributed by atoms with Crippen LogP contribution in [0.1, 0.15) is 18.2 Å². The lowest BCUT2D eigenvalue weighted by molar-refractivity contribution is -0.129. The maximum atomic E-state index is 13.0. The van der Waals surface area contributed by atoms with E-state index in [1.54, 1.807) is 37.4 Å². The second kappa shape index (κ2) is 5.56. The van der Waals surface area contributed by atoms with E-state index in [2.05, 4.69) is 4.98 Å². The topological polar surface area (TPSA) is 39.2 Å². The van der Waals surface area contributed by atoms with Crippen LogP contribution in [0, 0.1) is 5.82 Å². The van der Waals surface area contributed by atoms with E-state index in [9.17, 15) is 9.18 Å². The van der Waals surface area contributed by atoms with Gasteiger partial charge in [0.1, 0.15) is 11.6 Å². The molecule has 110 valence electrons. The number of nitrogens with zero attached hydrogens (tertiary/aromatic N) is 1. The van der Waals surface area contributed by atoms with Gasteiger partial charge in [-0.05, 0) is 43.3 Å². The van der Waals surface area contributed by atoms with Gasteiger partial charge in [-0.2, -0.15) is 0 Å². The van der Waals surface area contributed by atoms with Gasteiger partial charge < -0.3 is 4.74 Å². The Morgan fingerprint density at radius 2 is 1.91 bits per heavy atom. The van der Waals surface area contributed by atoms with Crippen molar-refractivity contribution in [2.75, 3.05) is 0 Å². The van der Waals surface area contributed by atoms with Crippen molar-refractivity contribution in [1.82, 2.24) is 4.98 Å². The highest BCUT2D eigenvalue weighted by Gasteiger charge is 2.41. The molecule has 2 heterocycles. The van der Waals surface area contributed by atoms with Gasteiger partial charge in [-0.1, -0.05) is 18.2 Å². The maximum Gasteiger partial charge on any atom is 0.207 e. The van der Waals surface area contributed by atoms with Gasteiger partial charge in [0.15, 0.2) is 5.60 Å². The lowest BCUT2D eigenvalue weighted by Crippen LogP contribution is -2.29. The molecular weight excluding hydrogens is 281 g/mol. The van der Waals surface area contributed by atoms with Gasteiger partial charge in [0.25, 0.3) is 0 Å². The molecule has 0 radical (unpaired) electrons. The van der Waals surface area contributed by atoms with Crippen LogP contribution in [0.5, 0.6) is 0 Å². The highest BCUT2D eigenvalue weighted by atomic mass is 19.1. The van der Waals surface area contributed by atoms with Crippen LogP contribution in [0.15, 0.2) is 66.6 Å². The summed E-state index contributed by atoms with van der Waals surface area (Å²) in [6.45, 7) is 1.68. The lowest BCUT2D eigenvalue weighted by atomic mass is 9.92. The van der Waals surface area contributed by atoms with E-state index >= 15 is 0 Å². The van der Waals surface area contributed by atoms with Gasteiger partial charge in [0.2, 0.25) is 5.78 Å². The van der Waals surface area contributed by atoms with Crippen LogP contribution in [0.25, 0.3) is 6.08 Å². The number of allylic oxidation sites excluding steroid dienone is 1. The number of pyridine rings is 1. The number of carbonyl (C=O) groups is 1. The highest BCUT2D eigenvalue weighted by Crippen LogP contribution is 2.35. The Hall–Kier alpha value is -2.75. The minimum Gasteiger partial charge on any atom is -0.475 e. The van der Waals surface area contributed by atoms with Crippen LogP contribution >= 0.6 is 0 Å². The van der Waals surface area contributed by atoms with Gasteiger partial charge in [-0.15, -0.1) is 0 Å². The summed E-state index contributed by atoms with van der Waals surface area (Å²) >= 11 is 0. The Morgan fingerprint density at radius 1 is 1.14 bits per heavy atom. The molecule has 1 unspecified atom stereocenters. The van der Waals surface area contributed by atoms with Crippen molar-refractivity contribution in [1.29, 1.82) is 0 Å². The van der Waals surface area contributed by atoms with E-state index in [0.29, 0.717) is 11.3 Å². The summed E-state index contributed by atoms with van der Waals surface area (Å²) in [5.74, 6) is -0.0525. The minimum absolute atomic E-state index is 0.167. The van der Waals surface area contributed by atoms with E-state index in [0.717, 1.165) is 5.69 Å². The number of rotatable bonds is 3. The second-order valence-corrected chi connectivity index (χ2v) is 5.14. The predicted molar refractivity (Wildman–Crippen MR) is 81.2 cm³/mol. The zero-order valence-electron chi connectivity index (χ0n) is 12.0. The summed E-state index contributed by atoms with van der Waals surface area (Å²) < 4.78 is 18.8. The molecular formula is C18H14FNO2. The summed E-state index contributed by atoms with van der Waals surface area (Å²) in [6.07, 6.45) is 6.62. The fourth-order valence-electron chi connectivity index (χ4n) is 2.28. The van der Waals surface area contributed by atoms with Gasteiger partial charge >= 0.3 is 0 Å². The molecule has 3 rings (SSSR count). The molecule has 4 heteroatoms. The number of ether oxygens (including phenoxy) is 1. The normalized spacial score (nSPS) is 21.0. The SMILES string of the molecule is CC1(c2ccc(F)cc2)OC(C=Cc2ccccn2)=CC1=O. The number of benzene rings is 1. The molecule has 1 atom stereocenters. The number of hydrogen-bond donors (Lipinski definition) is 0. The smallest absolute Gasteiger partial charge is 0.207 e. The molecule has 1 aliphatic rings. The monoisotopic (exact) mass is 295 g/mol. The third kappa shape index (κ3) is 2.68. The first kappa shape index (κ1) is 14.2. The van der Waals surface area contributed by atoms with E-state index in [1.807, 2.05) is 18.2 Å². The minimum atomic E-state index is -1.11. The average Bonchev–Trinajstić information content (AvgIpc) is 2.83. The third-order valence-electron chi connectivity index (χ3n) is 3.57. The molecule has 2 aromatic rings. The molecule has 0 aliphatic carbocycles. The van der Waals surface area contributed by atoms with Crippen LogP contribution in [0.2, 0.25) is 0 Å². The predicted octanol–water partition coefficient (Wildman–Crippen LogP) is 3.63. The van der Waals surface area contributed by atoms with Crippen molar-refractivity contribution >= 4 is 11.9 Å². The first-order chi connectivity index (χ1) is 10.6.